The lowest BCUT2D eigenvalue weighted by atomic mass is 10.2. The number of hydrogen-bond donors (Lipinski definition) is 0. The topological polar surface area (TPSA) is 17.8 Å². The molecule has 0 N–H and O–H groups in total. The van der Waals surface area contributed by atoms with Crippen molar-refractivity contribution < 1.29 is 4.39 Å². The lowest BCUT2D eigenvalue weighted by molar-refractivity contribution is 0.621. The van der Waals surface area contributed by atoms with E-state index in [2.05, 4.69) is 39.3 Å². The van der Waals surface area contributed by atoms with E-state index in [0.717, 1.165) is 23.3 Å². The number of aryl methyl sites for hydroxylation is 1. The molecular formula is C15H13BrClFN2S. The lowest BCUT2D eigenvalue weighted by Gasteiger charge is -2.08. The van der Waals surface area contributed by atoms with Gasteiger partial charge in [-0.3, -0.25) is 0 Å². The van der Waals surface area contributed by atoms with Crippen molar-refractivity contribution in [2.45, 2.75) is 25.8 Å². The third kappa shape index (κ3) is 2.74. The second-order valence-electron chi connectivity index (χ2n) is 4.73. The molecule has 0 saturated carbocycles. The van der Waals surface area contributed by atoms with Crippen LogP contribution in [0.2, 0.25) is 0 Å². The summed E-state index contributed by atoms with van der Waals surface area (Å²) in [5, 5.41) is 2.09. The number of halogens is 3. The van der Waals surface area contributed by atoms with E-state index < -0.39 is 0 Å². The Morgan fingerprint density at radius 1 is 1.43 bits per heavy atom. The van der Waals surface area contributed by atoms with Crippen LogP contribution in [0.15, 0.2) is 28.1 Å². The maximum Gasteiger partial charge on any atom is 0.139 e. The number of aromatic nitrogens is 2. The van der Waals surface area contributed by atoms with Gasteiger partial charge in [-0.1, -0.05) is 6.92 Å². The number of fused-ring (bicyclic) bond motifs is 1. The molecule has 0 bridgehead atoms. The third-order valence-electron chi connectivity index (χ3n) is 3.51. The van der Waals surface area contributed by atoms with Crippen molar-refractivity contribution >= 4 is 49.9 Å². The first-order valence-corrected chi connectivity index (χ1v) is 8.80. The van der Waals surface area contributed by atoms with Crippen molar-refractivity contribution in [3.8, 4) is 0 Å². The van der Waals surface area contributed by atoms with E-state index in [1.54, 1.807) is 17.4 Å². The van der Waals surface area contributed by atoms with Gasteiger partial charge in [0.25, 0.3) is 0 Å². The number of rotatable bonds is 4. The van der Waals surface area contributed by atoms with Crippen LogP contribution >= 0.6 is 38.9 Å². The van der Waals surface area contributed by atoms with Gasteiger partial charge in [-0.2, -0.15) is 0 Å². The number of hydrogen-bond acceptors (Lipinski definition) is 2. The normalized spacial score (nSPS) is 11.4. The minimum absolute atomic E-state index is 0.285. The van der Waals surface area contributed by atoms with Crippen molar-refractivity contribution in [3.05, 3.63) is 50.1 Å². The summed E-state index contributed by atoms with van der Waals surface area (Å²) >= 11 is 10.9. The Morgan fingerprint density at radius 2 is 2.24 bits per heavy atom. The molecule has 0 unspecified atom stereocenters. The average molecular weight is 388 g/mol. The summed E-state index contributed by atoms with van der Waals surface area (Å²) in [6.07, 6.45) is 0.988. The molecule has 2 aromatic heterocycles. The highest BCUT2D eigenvalue weighted by molar-refractivity contribution is 9.10. The molecule has 0 radical (unpaired) electrons. The quantitative estimate of drug-likeness (QED) is 0.552. The van der Waals surface area contributed by atoms with Gasteiger partial charge in [0.2, 0.25) is 0 Å². The van der Waals surface area contributed by atoms with Crippen LogP contribution in [0.5, 0.6) is 0 Å². The van der Waals surface area contributed by atoms with E-state index in [9.17, 15) is 4.39 Å². The second kappa shape index (κ2) is 6.07. The Labute approximate surface area is 139 Å². The zero-order valence-corrected chi connectivity index (χ0v) is 14.5. The van der Waals surface area contributed by atoms with Crippen LogP contribution in [0.4, 0.5) is 4.39 Å². The molecule has 1 aromatic carbocycles. The summed E-state index contributed by atoms with van der Waals surface area (Å²) in [4.78, 5) is 5.78. The number of alkyl halides is 1. The van der Waals surface area contributed by atoms with Crippen molar-refractivity contribution in [1.82, 2.24) is 9.55 Å². The monoisotopic (exact) mass is 386 g/mol. The van der Waals surface area contributed by atoms with E-state index in [1.165, 1.54) is 16.5 Å². The van der Waals surface area contributed by atoms with Gasteiger partial charge in [-0.25, -0.2) is 9.37 Å². The van der Waals surface area contributed by atoms with Gasteiger partial charge in [0.1, 0.15) is 11.6 Å². The number of nitrogens with zero attached hydrogens (tertiary/aromatic N) is 2. The zero-order chi connectivity index (χ0) is 15.0. The van der Waals surface area contributed by atoms with Gasteiger partial charge in [-0.05, 0) is 45.4 Å². The standard InChI is InChI=1S/C15H13BrClFN2S/c1-2-9-3-4-21-14(9)8-20-13-6-11(18)10(16)5-12(13)19-15(20)7-17/h3-6H,2,7-8H2,1H3. The summed E-state index contributed by atoms with van der Waals surface area (Å²) < 4.78 is 16.3. The van der Waals surface area contributed by atoms with Crippen LogP contribution in [0.25, 0.3) is 11.0 Å². The maximum atomic E-state index is 13.8. The van der Waals surface area contributed by atoms with Crippen molar-refractivity contribution in [1.29, 1.82) is 0 Å². The first-order valence-electron chi connectivity index (χ1n) is 6.59. The van der Waals surface area contributed by atoms with Gasteiger partial charge in [0.15, 0.2) is 0 Å². The molecule has 2 heterocycles. The molecule has 3 rings (SSSR count). The van der Waals surface area contributed by atoms with Crippen LogP contribution in [0.1, 0.15) is 23.2 Å². The highest BCUT2D eigenvalue weighted by atomic mass is 79.9. The number of thiophene rings is 1. The molecule has 0 aliphatic carbocycles. The van der Waals surface area contributed by atoms with Crippen LogP contribution in [-0.2, 0) is 18.8 Å². The summed E-state index contributed by atoms with van der Waals surface area (Å²) in [6.45, 7) is 2.82. The van der Waals surface area contributed by atoms with Gasteiger partial charge in [0.05, 0.1) is 27.9 Å². The van der Waals surface area contributed by atoms with Crippen molar-refractivity contribution in [3.63, 3.8) is 0 Å². The van der Waals surface area contributed by atoms with Crippen molar-refractivity contribution in [2.24, 2.45) is 0 Å². The Hall–Kier alpha value is -0.910. The molecule has 2 nitrogen and oxygen atoms in total. The van der Waals surface area contributed by atoms with Crippen molar-refractivity contribution in [2.75, 3.05) is 0 Å². The average Bonchev–Trinajstić information content (AvgIpc) is 3.05. The molecule has 0 saturated heterocycles. The Bertz CT molecular complexity index is 796. The first kappa shape index (κ1) is 15.0. The third-order valence-corrected chi connectivity index (χ3v) is 5.30. The first-order chi connectivity index (χ1) is 10.1. The fourth-order valence-electron chi connectivity index (χ4n) is 2.41. The largest absolute Gasteiger partial charge is 0.322 e. The van der Waals surface area contributed by atoms with E-state index in [-0.39, 0.29) is 5.82 Å². The highest BCUT2D eigenvalue weighted by Crippen LogP contribution is 2.27. The SMILES string of the molecule is CCc1ccsc1Cn1c(CCl)nc2cc(Br)c(F)cc21. The molecule has 6 heteroatoms. The Kier molecular flexibility index (Phi) is 4.33. The fourth-order valence-corrected chi connectivity index (χ4v) is 3.91. The lowest BCUT2D eigenvalue weighted by Crippen LogP contribution is -2.04. The van der Waals surface area contributed by atoms with E-state index >= 15 is 0 Å². The molecule has 0 aliphatic heterocycles. The molecular weight excluding hydrogens is 375 g/mol. The fraction of sp³-hybridized carbons (Fsp3) is 0.267. The maximum absolute atomic E-state index is 13.8. The molecule has 0 spiro atoms. The molecule has 0 aliphatic rings. The van der Waals surface area contributed by atoms with Gasteiger partial charge >= 0.3 is 0 Å². The smallest absolute Gasteiger partial charge is 0.139 e. The molecule has 21 heavy (non-hydrogen) atoms. The molecule has 3 aromatic rings. The summed E-state index contributed by atoms with van der Waals surface area (Å²) in [7, 11) is 0. The highest BCUT2D eigenvalue weighted by Gasteiger charge is 2.14. The molecule has 110 valence electrons. The summed E-state index contributed by atoms with van der Waals surface area (Å²) in [5.41, 5.74) is 2.86. The molecule has 0 fully saturated rings. The minimum atomic E-state index is -0.285. The molecule has 0 atom stereocenters. The van der Waals surface area contributed by atoms with E-state index in [4.69, 9.17) is 11.6 Å². The minimum Gasteiger partial charge on any atom is -0.322 e. The van der Waals surface area contributed by atoms with Crippen LogP contribution in [0.3, 0.4) is 0 Å². The van der Waals surface area contributed by atoms with Crippen LogP contribution < -0.4 is 0 Å². The second-order valence-corrected chi connectivity index (χ2v) is 6.85. The van der Waals surface area contributed by atoms with Crippen LogP contribution in [0, 0.1) is 5.82 Å². The summed E-state index contributed by atoms with van der Waals surface area (Å²) in [6, 6.07) is 5.35. The van der Waals surface area contributed by atoms with Crippen LogP contribution in [-0.4, -0.2) is 9.55 Å². The van der Waals surface area contributed by atoms with Gasteiger partial charge in [0, 0.05) is 10.9 Å². The number of imidazole rings is 1. The Morgan fingerprint density at radius 3 is 2.95 bits per heavy atom. The predicted octanol–water partition coefficient (Wildman–Crippen LogP) is 5.35. The van der Waals surface area contributed by atoms with Gasteiger partial charge < -0.3 is 4.57 Å². The van der Waals surface area contributed by atoms with Gasteiger partial charge in [-0.15, -0.1) is 22.9 Å². The molecule has 0 amide bonds. The predicted molar refractivity (Wildman–Crippen MR) is 89.7 cm³/mol. The van der Waals surface area contributed by atoms with E-state index in [0.29, 0.717) is 16.9 Å². The zero-order valence-electron chi connectivity index (χ0n) is 11.4. The number of benzene rings is 1. The Balaban J connectivity index is 2.14. The van der Waals surface area contributed by atoms with E-state index in [1.807, 2.05) is 4.57 Å². The summed E-state index contributed by atoms with van der Waals surface area (Å²) in [5.74, 6) is 0.784.